The lowest BCUT2D eigenvalue weighted by Crippen LogP contribution is -2.09. The van der Waals surface area contributed by atoms with Crippen molar-refractivity contribution in [1.29, 1.82) is 0 Å². The lowest BCUT2D eigenvalue weighted by molar-refractivity contribution is 0.869. The minimum absolute atomic E-state index is 0.190. The van der Waals surface area contributed by atoms with Crippen molar-refractivity contribution in [3.8, 4) is 11.3 Å². The fourth-order valence-corrected chi connectivity index (χ4v) is 2.82. The van der Waals surface area contributed by atoms with Gasteiger partial charge in [-0.25, -0.2) is 9.97 Å². The number of hydrogen-bond donors (Lipinski definition) is 1. The number of anilines is 1. The van der Waals surface area contributed by atoms with Crippen LogP contribution in [-0.4, -0.2) is 9.97 Å². The van der Waals surface area contributed by atoms with Crippen molar-refractivity contribution in [2.45, 2.75) is 13.0 Å². The molecule has 3 aromatic rings. The summed E-state index contributed by atoms with van der Waals surface area (Å²) in [5.74, 6) is 0.842. The smallest absolute Gasteiger partial charge is 0.193 e. The number of benzene rings is 2. The van der Waals surface area contributed by atoms with Crippen molar-refractivity contribution < 1.29 is 0 Å². The molecular weight excluding hydrogens is 385 g/mol. The maximum atomic E-state index is 4.52. The molecule has 0 saturated carbocycles. The van der Waals surface area contributed by atoms with E-state index in [1.54, 1.807) is 0 Å². The third-order valence-corrected chi connectivity index (χ3v) is 3.91. The van der Waals surface area contributed by atoms with E-state index >= 15 is 0 Å². The first-order valence-corrected chi connectivity index (χ1v) is 8.22. The fraction of sp³-hybridized carbons (Fsp3) is 0.111. The minimum Gasteiger partial charge on any atom is -0.363 e. The molecule has 1 N–H and O–H groups in total. The molecule has 1 heterocycles. The number of rotatable bonds is 4. The van der Waals surface area contributed by atoms with Crippen LogP contribution >= 0.6 is 22.6 Å². The molecule has 0 unspecified atom stereocenters. The predicted molar refractivity (Wildman–Crippen MR) is 98.7 cm³/mol. The maximum absolute atomic E-state index is 4.52. The minimum atomic E-state index is 0.190. The standard InChI is InChI=1S/C18H16IN3/c1-13(14-8-4-2-5-9-14)20-17-12-16(21-18(19)22-17)15-10-6-3-7-11-15/h2-13H,1H3,(H,20,21,22)/t13-/m0/s1. The quantitative estimate of drug-likeness (QED) is 0.498. The van der Waals surface area contributed by atoms with E-state index < -0.39 is 0 Å². The molecule has 0 aliphatic heterocycles. The Labute approximate surface area is 144 Å². The maximum Gasteiger partial charge on any atom is 0.193 e. The van der Waals surface area contributed by atoms with E-state index in [1.165, 1.54) is 5.56 Å². The fourth-order valence-electron chi connectivity index (χ4n) is 2.30. The van der Waals surface area contributed by atoms with Gasteiger partial charge in [-0.1, -0.05) is 60.7 Å². The molecule has 110 valence electrons. The van der Waals surface area contributed by atoms with Gasteiger partial charge in [0.05, 0.1) is 5.69 Å². The Bertz CT molecular complexity index is 745. The van der Waals surface area contributed by atoms with Gasteiger partial charge in [0.1, 0.15) is 5.82 Å². The molecule has 0 amide bonds. The van der Waals surface area contributed by atoms with Crippen LogP contribution in [0, 0.1) is 3.83 Å². The summed E-state index contributed by atoms with van der Waals surface area (Å²) in [6, 6.07) is 22.7. The second-order valence-corrected chi connectivity index (χ2v) is 6.02. The molecule has 0 spiro atoms. The van der Waals surface area contributed by atoms with Crippen molar-refractivity contribution in [3.05, 3.63) is 76.1 Å². The molecular formula is C18H16IN3. The van der Waals surface area contributed by atoms with Gasteiger partial charge in [0.15, 0.2) is 3.83 Å². The van der Waals surface area contributed by atoms with Crippen LogP contribution in [0.3, 0.4) is 0 Å². The normalized spacial score (nSPS) is 11.9. The Kier molecular flexibility index (Phi) is 4.68. The van der Waals surface area contributed by atoms with Crippen LogP contribution in [0.4, 0.5) is 5.82 Å². The Hall–Kier alpha value is -1.95. The highest BCUT2D eigenvalue weighted by atomic mass is 127. The Balaban J connectivity index is 1.87. The molecule has 0 fully saturated rings. The van der Waals surface area contributed by atoms with E-state index in [9.17, 15) is 0 Å². The number of hydrogen-bond acceptors (Lipinski definition) is 3. The SMILES string of the molecule is C[C@H](Nc1cc(-c2ccccc2)nc(I)n1)c1ccccc1. The number of aromatic nitrogens is 2. The van der Waals surface area contributed by atoms with Crippen LogP contribution in [0.2, 0.25) is 0 Å². The van der Waals surface area contributed by atoms with Gasteiger partial charge in [0, 0.05) is 40.3 Å². The zero-order chi connectivity index (χ0) is 15.4. The van der Waals surface area contributed by atoms with Gasteiger partial charge in [0.2, 0.25) is 0 Å². The first-order valence-electron chi connectivity index (χ1n) is 7.14. The van der Waals surface area contributed by atoms with Gasteiger partial charge in [-0.3, -0.25) is 0 Å². The largest absolute Gasteiger partial charge is 0.363 e. The molecule has 3 rings (SSSR count). The molecule has 0 aliphatic rings. The Morgan fingerprint density at radius 1 is 0.909 bits per heavy atom. The topological polar surface area (TPSA) is 37.8 Å². The highest BCUT2D eigenvalue weighted by Gasteiger charge is 2.09. The summed E-state index contributed by atoms with van der Waals surface area (Å²) in [4.78, 5) is 9.01. The van der Waals surface area contributed by atoms with Crippen molar-refractivity contribution in [2.75, 3.05) is 5.32 Å². The van der Waals surface area contributed by atoms with E-state index in [1.807, 2.05) is 42.5 Å². The molecule has 1 aromatic heterocycles. The first-order chi connectivity index (χ1) is 10.7. The number of nitrogens with one attached hydrogen (secondary N) is 1. The third-order valence-electron chi connectivity index (χ3n) is 3.43. The molecule has 2 aromatic carbocycles. The van der Waals surface area contributed by atoms with Crippen LogP contribution in [0.1, 0.15) is 18.5 Å². The summed E-state index contributed by atoms with van der Waals surface area (Å²) in [7, 11) is 0. The average molecular weight is 401 g/mol. The molecule has 22 heavy (non-hydrogen) atoms. The summed E-state index contributed by atoms with van der Waals surface area (Å²) in [5, 5.41) is 3.45. The van der Waals surface area contributed by atoms with Gasteiger partial charge in [-0.2, -0.15) is 0 Å². The molecule has 0 saturated heterocycles. The first kappa shape index (κ1) is 15.0. The molecule has 0 bridgehead atoms. The second-order valence-electron chi connectivity index (χ2n) is 5.05. The molecule has 0 aliphatic carbocycles. The van der Waals surface area contributed by atoms with Crippen LogP contribution in [0.15, 0.2) is 66.7 Å². The molecule has 4 heteroatoms. The number of nitrogens with zero attached hydrogens (tertiary/aromatic N) is 2. The van der Waals surface area contributed by atoms with Crippen molar-refractivity contribution in [1.82, 2.24) is 9.97 Å². The van der Waals surface area contributed by atoms with Gasteiger partial charge in [0.25, 0.3) is 0 Å². The van der Waals surface area contributed by atoms with Gasteiger partial charge in [-0.15, -0.1) is 0 Å². The van der Waals surface area contributed by atoms with E-state index in [0.29, 0.717) is 0 Å². The zero-order valence-electron chi connectivity index (χ0n) is 12.2. The third kappa shape index (κ3) is 3.62. The average Bonchev–Trinajstić information content (AvgIpc) is 2.56. The van der Waals surface area contributed by atoms with E-state index in [4.69, 9.17) is 0 Å². The van der Waals surface area contributed by atoms with E-state index in [2.05, 4.69) is 69.1 Å². The van der Waals surface area contributed by atoms with Crippen molar-refractivity contribution in [2.24, 2.45) is 0 Å². The van der Waals surface area contributed by atoms with E-state index in [-0.39, 0.29) is 6.04 Å². The van der Waals surface area contributed by atoms with Crippen LogP contribution in [0.25, 0.3) is 11.3 Å². The van der Waals surface area contributed by atoms with Gasteiger partial charge < -0.3 is 5.32 Å². The lowest BCUT2D eigenvalue weighted by Gasteiger charge is -2.15. The summed E-state index contributed by atoms with van der Waals surface area (Å²) in [5.41, 5.74) is 3.26. The summed E-state index contributed by atoms with van der Waals surface area (Å²) in [6.07, 6.45) is 0. The predicted octanol–water partition coefficient (Wildman–Crippen LogP) is 4.92. The van der Waals surface area contributed by atoms with E-state index in [0.717, 1.165) is 20.9 Å². The van der Waals surface area contributed by atoms with Crippen LogP contribution < -0.4 is 5.32 Å². The summed E-state index contributed by atoms with van der Waals surface area (Å²) in [6.45, 7) is 2.13. The molecule has 0 radical (unpaired) electrons. The van der Waals surface area contributed by atoms with Crippen LogP contribution in [0.5, 0.6) is 0 Å². The molecule has 1 atom stereocenters. The highest BCUT2D eigenvalue weighted by Crippen LogP contribution is 2.23. The number of halogens is 1. The van der Waals surface area contributed by atoms with Gasteiger partial charge in [-0.05, 0) is 12.5 Å². The summed E-state index contributed by atoms with van der Waals surface area (Å²) >= 11 is 2.16. The van der Waals surface area contributed by atoms with Gasteiger partial charge >= 0.3 is 0 Å². The van der Waals surface area contributed by atoms with Crippen LogP contribution in [-0.2, 0) is 0 Å². The zero-order valence-corrected chi connectivity index (χ0v) is 14.4. The lowest BCUT2D eigenvalue weighted by atomic mass is 10.1. The monoisotopic (exact) mass is 401 g/mol. The Morgan fingerprint density at radius 2 is 1.55 bits per heavy atom. The molecule has 3 nitrogen and oxygen atoms in total. The second kappa shape index (κ2) is 6.87. The summed E-state index contributed by atoms with van der Waals surface area (Å²) < 4.78 is 0.738. The Morgan fingerprint density at radius 3 is 2.23 bits per heavy atom. The van der Waals surface area contributed by atoms with Crippen molar-refractivity contribution >= 4 is 28.4 Å². The van der Waals surface area contributed by atoms with Crippen molar-refractivity contribution in [3.63, 3.8) is 0 Å². The highest BCUT2D eigenvalue weighted by molar-refractivity contribution is 14.1.